The number of aromatic nitrogens is 3. The fourth-order valence-electron chi connectivity index (χ4n) is 2.29. The molecule has 1 aromatic carbocycles. The summed E-state index contributed by atoms with van der Waals surface area (Å²) in [5.74, 6) is 0.919. The van der Waals surface area contributed by atoms with E-state index in [1.807, 2.05) is 35.7 Å². The van der Waals surface area contributed by atoms with Gasteiger partial charge in [0.05, 0.1) is 11.4 Å². The summed E-state index contributed by atoms with van der Waals surface area (Å²) in [6.45, 7) is 4.52. The Morgan fingerprint density at radius 2 is 1.95 bits per heavy atom. The summed E-state index contributed by atoms with van der Waals surface area (Å²) < 4.78 is 1.98. The standard InChI is InChI=1S/C15H16N4/c1-10-5-3-4-6-13(10)14-7-15-18-12(8-16)9-19(15)11(2)17-14/h3-7,9H,8,16H2,1-2H3. The zero-order chi connectivity index (χ0) is 13.4. The van der Waals surface area contributed by atoms with E-state index in [0.29, 0.717) is 6.54 Å². The molecule has 0 radical (unpaired) electrons. The summed E-state index contributed by atoms with van der Waals surface area (Å²) in [7, 11) is 0. The van der Waals surface area contributed by atoms with Crippen molar-refractivity contribution in [1.29, 1.82) is 0 Å². The lowest BCUT2D eigenvalue weighted by Gasteiger charge is -2.07. The predicted octanol–water partition coefficient (Wildman–Crippen LogP) is 2.47. The van der Waals surface area contributed by atoms with Gasteiger partial charge in [0.1, 0.15) is 11.5 Å². The van der Waals surface area contributed by atoms with E-state index in [9.17, 15) is 0 Å². The van der Waals surface area contributed by atoms with E-state index in [1.165, 1.54) is 5.56 Å². The third-order valence-corrected chi connectivity index (χ3v) is 3.31. The minimum atomic E-state index is 0.445. The molecule has 0 aliphatic carbocycles. The Hall–Kier alpha value is -2.20. The minimum Gasteiger partial charge on any atom is -0.325 e. The highest BCUT2D eigenvalue weighted by Gasteiger charge is 2.08. The molecule has 2 aromatic heterocycles. The average molecular weight is 252 g/mol. The summed E-state index contributed by atoms with van der Waals surface area (Å²) in [6.07, 6.45) is 1.94. The van der Waals surface area contributed by atoms with E-state index in [0.717, 1.165) is 28.4 Å². The molecule has 19 heavy (non-hydrogen) atoms. The van der Waals surface area contributed by atoms with Crippen LogP contribution in [0, 0.1) is 13.8 Å². The van der Waals surface area contributed by atoms with Gasteiger partial charge in [0.25, 0.3) is 0 Å². The van der Waals surface area contributed by atoms with Gasteiger partial charge in [0, 0.05) is 24.4 Å². The normalized spacial score (nSPS) is 11.1. The van der Waals surface area contributed by atoms with Crippen molar-refractivity contribution in [2.75, 3.05) is 0 Å². The molecule has 0 unspecified atom stereocenters. The molecule has 0 atom stereocenters. The predicted molar refractivity (Wildman–Crippen MR) is 75.8 cm³/mol. The van der Waals surface area contributed by atoms with Crippen LogP contribution in [0.5, 0.6) is 0 Å². The highest BCUT2D eigenvalue weighted by Crippen LogP contribution is 2.23. The Morgan fingerprint density at radius 1 is 1.16 bits per heavy atom. The molecule has 0 aliphatic rings. The van der Waals surface area contributed by atoms with Crippen molar-refractivity contribution in [3.8, 4) is 11.3 Å². The van der Waals surface area contributed by atoms with Crippen molar-refractivity contribution in [2.24, 2.45) is 5.73 Å². The van der Waals surface area contributed by atoms with Crippen LogP contribution in [0.15, 0.2) is 36.5 Å². The van der Waals surface area contributed by atoms with Gasteiger partial charge >= 0.3 is 0 Å². The summed E-state index contributed by atoms with van der Waals surface area (Å²) in [5.41, 5.74) is 10.7. The summed E-state index contributed by atoms with van der Waals surface area (Å²) >= 11 is 0. The number of nitrogens with zero attached hydrogens (tertiary/aromatic N) is 3. The van der Waals surface area contributed by atoms with Gasteiger partial charge in [0.15, 0.2) is 0 Å². The SMILES string of the molecule is Cc1ccccc1-c1cc2nc(CN)cn2c(C)n1. The zero-order valence-electron chi connectivity index (χ0n) is 11.1. The van der Waals surface area contributed by atoms with E-state index in [2.05, 4.69) is 29.0 Å². The Kier molecular flexibility index (Phi) is 2.80. The van der Waals surface area contributed by atoms with Gasteiger partial charge < -0.3 is 5.73 Å². The molecule has 96 valence electrons. The Bertz CT molecular complexity index is 743. The smallest absolute Gasteiger partial charge is 0.140 e. The first-order valence-corrected chi connectivity index (χ1v) is 6.31. The van der Waals surface area contributed by atoms with Gasteiger partial charge in [0.2, 0.25) is 0 Å². The lowest BCUT2D eigenvalue weighted by molar-refractivity contribution is 0.981. The maximum atomic E-state index is 5.64. The number of imidazole rings is 1. The average Bonchev–Trinajstić information content (AvgIpc) is 2.83. The van der Waals surface area contributed by atoms with E-state index in [4.69, 9.17) is 5.73 Å². The highest BCUT2D eigenvalue weighted by molar-refractivity contribution is 5.67. The topological polar surface area (TPSA) is 56.2 Å². The molecule has 0 spiro atoms. The van der Waals surface area contributed by atoms with Crippen molar-refractivity contribution >= 4 is 5.65 Å². The quantitative estimate of drug-likeness (QED) is 0.762. The Labute approximate surface area is 111 Å². The van der Waals surface area contributed by atoms with Crippen molar-refractivity contribution < 1.29 is 0 Å². The highest BCUT2D eigenvalue weighted by atomic mass is 15.1. The second-order valence-corrected chi connectivity index (χ2v) is 4.67. The number of benzene rings is 1. The molecule has 3 rings (SSSR count). The fraction of sp³-hybridized carbons (Fsp3) is 0.200. The van der Waals surface area contributed by atoms with E-state index < -0.39 is 0 Å². The van der Waals surface area contributed by atoms with Crippen molar-refractivity contribution in [2.45, 2.75) is 20.4 Å². The molecule has 0 bridgehead atoms. The molecule has 4 heteroatoms. The fourth-order valence-corrected chi connectivity index (χ4v) is 2.29. The van der Waals surface area contributed by atoms with Gasteiger partial charge in [-0.15, -0.1) is 0 Å². The number of rotatable bonds is 2. The van der Waals surface area contributed by atoms with Crippen LogP contribution in [0.1, 0.15) is 17.1 Å². The number of aryl methyl sites for hydroxylation is 2. The van der Waals surface area contributed by atoms with Crippen LogP contribution in [0.2, 0.25) is 0 Å². The number of hydrogen-bond acceptors (Lipinski definition) is 3. The van der Waals surface area contributed by atoms with Crippen LogP contribution in [0.3, 0.4) is 0 Å². The first-order chi connectivity index (χ1) is 9.19. The van der Waals surface area contributed by atoms with E-state index >= 15 is 0 Å². The van der Waals surface area contributed by atoms with Gasteiger partial charge in [-0.05, 0) is 19.4 Å². The monoisotopic (exact) mass is 252 g/mol. The van der Waals surface area contributed by atoms with Crippen LogP contribution in [-0.4, -0.2) is 14.4 Å². The summed E-state index contributed by atoms with van der Waals surface area (Å²) in [4.78, 5) is 9.17. The largest absolute Gasteiger partial charge is 0.325 e. The first-order valence-electron chi connectivity index (χ1n) is 6.31. The van der Waals surface area contributed by atoms with Crippen molar-refractivity contribution in [3.05, 3.63) is 53.6 Å². The van der Waals surface area contributed by atoms with Gasteiger partial charge in [-0.1, -0.05) is 24.3 Å². The van der Waals surface area contributed by atoms with Gasteiger partial charge in [-0.25, -0.2) is 9.97 Å². The molecule has 0 fully saturated rings. The number of nitrogens with two attached hydrogens (primary N) is 1. The Morgan fingerprint density at radius 3 is 2.68 bits per heavy atom. The second kappa shape index (κ2) is 4.48. The van der Waals surface area contributed by atoms with E-state index in [-0.39, 0.29) is 0 Å². The van der Waals surface area contributed by atoms with Crippen LogP contribution in [0.4, 0.5) is 0 Å². The summed E-state index contributed by atoms with van der Waals surface area (Å²) in [6, 6.07) is 10.2. The number of fused-ring (bicyclic) bond motifs is 1. The third kappa shape index (κ3) is 2.00. The zero-order valence-corrected chi connectivity index (χ0v) is 11.1. The van der Waals surface area contributed by atoms with Crippen LogP contribution >= 0.6 is 0 Å². The molecule has 0 aliphatic heterocycles. The van der Waals surface area contributed by atoms with Crippen LogP contribution < -0.4 is 5.73 Å². The molecule has 3 aromatic rings. The summed E-state index contributed by atoms with van der Waals surface area (Å²) in [5, 5.41) is 0. The molecular formula is C15H16N4. The molecule has 2 heterocycles. The van der Waals surface area contributed by atoms with E-state index in [1.54, 1.807) is 0 Å². The molecule has 0 saturated carbocycles. The molecule has 0 amide bonds. The maximum Gasteiger partial charge on any atom is 0.140 e. The van der Waals surface area contributed by atoms with Crippen molar-refractivity contribution in [1.82, 2.24) is 14.4 Å². The van der Waals surface area contributed by atoms with Crippen LogP contribution in [0.25, 0.3) is 16.9 Å². The second-order valence-electron chi connectivity index (χ2n) is 4.67. The minimum absolute atomic E-state index is 0.445. The molecular weight excluding hydrogens is 236 g/mol. The lowest BCUT2D eigenvalue weighted by Crippen LogP contribution is -1.97. The van der Waals surface area contributed by atoms with Crippen molar-refractivity contribution in [3.63, 3.8) is 0 Å². The Balaban J connectivity index is 2.23. The van der Waals surface area contributed by atoms with Gasteiger partial charge in [-0.2, -0.15) is 0 Å². The third-order valence-electron chi connectivity index (χ3n) is 3.31. The molecule has 0 saturated heterocycles. The first kappa shape index (κ1) is 11.9. The molecule has 4 nitrogen and oxygen atoms in total. The van der Waals surface area contributed by atoms with Gasteiger partial charge in [-0.3, -0.25) is 4.40 Å². The molecule has 2 N–H and O–H groups in total. The number of hydrogen-bond donors (Lipinski definition) is 1. The maximum absolute atomic E-state index is 5.64. The van der Waals surface area contributed by atoms with Crippen LogP contribution in [-0.2, 0) is 6.54 Å². The lowest BCUT2D eigenvalue weighted by atomic mass is 10.1.